The van der Waals surface area contributed by atoms with E-state index in [1.54, 1.807) is 36.5 Å². The number of halogens is 1. The van der Waals surface area contributed by atoms with E-state index in [1.165, 1.54) is 6.20 Å². The van der Waals surface area contributed by atoms with Crippen LogP contribution in [0.15, 0.2) is 52.1 Å². The van der Waals surface area contributed by atoms with Gasteiger partial charge in [-0.05, 0) is 41.1 Å². The van der Waals surface area contributed by atoms with Crippen molar-refractivity contribution in [1.29, 1.82) is 0 Å². The Morgan fingerprint density at radius 3 is 2.52 bits per heavy atom. The van der Waals surface area contributed by atoms with E-state index in [-0.39, 0.29) is 23.9 Å². The number of carbonyl (C=O) groups is 1. The van der Waals surface area contributed by atoms with Gasteiger partial charge in [0.05, 0.1) is 10.5 Å². The Bertz CT molecular complexity index is 792. The molecule has 0 atom stereocenters. The summed E-state index contributed by atoms with van der Waals surface area (Å²) >= 11 is 3.24. The van der Waals surface area contributed by atoms with Crippen LogP contribution in [-0.4, -0.2) is 32.4 Å². The lowest BCUT2D eigenvalue weighted by atomic mass is 10.2. The maximum Gasteiger partial charge on any atom is 0.252 e. The number of nitrogens with one attached hydrogen (secondary N) is 2. The lowest BCUT2D eigenvalue weighted by Crippen LogP contribution is -2.34. The topological polar surface area (TPSA) is 88.2 Å². The van der Waals surface area contributed by atoms with Crippen molar-refractivity contribution in [3.8, 4) is 0 Å². The zero-order valence-corrected chi connectivity index (χ0v) is 14.8. The third kappa shape index (κ3) is 5.12. The van der Waals surface area contributed by atoms with Crippen molar-refractivity contribution < 1.29 is 13.2 Å². The Hall–Kier alpha value is -1.77. The molecule has 1 heterocycles. The molecule has 0 fully saturated rings. The smallest absolute Gasteiger partial charge is 0.252 e. The average Bonchev–Trinajstić information content (AvgIpc) is 2.52. The van der Waals surface area contributed by atoms with E-state index in [9.17, 15) is 13.2 Å². The summed E-state index contributed by atoms with van der Waals surface area (Å²) in [4.78, 5) is 16.0. The van der Waals surface area contributed by atoms with Crippen molar-refractivity contribution in [2.75, 3.05) is 13.1 Å². The second-order valence-corrected chi connectivity index (χ2v) is 7.54. The number of pyridine rings is 1. The number of amides is 1. The van der Waals surface area contributed by atoms with Crippen molar-refractivity contribution in [1.82, 2.24) is 15.0 Å². The third-order valence-corrected chi connectivity index (χ3v) is 4.91. The van der Waals surface area contributed by atoms with Crippen molar-refractivity contribution in [3.63, 3.8) is 0 Å². The Kier molecular flexibility index (Phi) is 5.86. The first-order valence-electron chi connectivity index (χ1n) is 6.83. The van der Waals surface area contributed by atoms with E-state index in [0.29, 0.717) is 10.0 Å². The second-order valence-electron chi connectivity index (χ2n) is 4.86. The number of sulfonamides is 1. The van der Waals surface area contributed by atoms with E-state index >= 15 is 0 Å². The number of aryl methyl sites for hydroxylation is 1. The molecule has 2 rings (SSSR count). The molecule has 0 aliphatic carbocycles. The second kappa shape index (κ2) is 7.67. The zero-order valence-electron chi connectivity index (χ0n) is 12.4. The molecule has 2 aromatic rings. The van der Waals surface area contributed by atoms with Gasteiger partial charge in [0.15, 0.2) is 0 Å². The Labute approximate surface area is 143 Å². The molecule has 0 saturated heterocycles. The lowest BCUT2D eigenvalue weighted by Gasteiger charge is -2.08. The molecule has 0 aliphatic rings. The van der Waals surface area contributed by atoms with E-state index in [1.807, 2.05) is 6.92 Å². The molecule has 122 valence electrons. The van der Waals surface area contributed by atoms with Crippen LogP contribution in [0.1, 0.15) is 15.9 Å². The van der Waals surface area contributed by atoms with Gasteiger partial charge in [-0.15, -0.1) is 0 Å². The quantitative estimate of drug-likeness (QED) is 0.728. The zero-order chi connectivity index (χ0) is 16.9. The summed E-state index contributed by atoms with van der Waals surface area (Å²) in [5.41, 5.74) is 1.39. The molecule has 1 aromatic heterocycles. The highest BCUT2D eigenvalue weighted by Crippen LogP contribution is 2.10. The van der Waals surface area contributed by atoms with Crippen LogP contribution in [0.5, 0.6) is 0 Å². The summed E-state index contributed by atoms with van der Waals surface area (Å²) in [7, 11) is -3.57. The third-order valence-electron chi connectivity index (χ3n) is 3.00. The number of rotatable bonds is 6. The molecule has 1 aromatic carbocycles. The highest BCUT2D eigenvalue weighted by Gasteiger charge is 2.13. The van der Waals surface area contributed by atoms with E-state index in [2.05, 4.69) is 31.0 Å². The molecule has 0 unspecified atom stereocenters. The summed E-state index contributed by atoms with van der Waals surface area (Å²) in [6.45, 7) is 2.16. The highest BCUT2D eigenvalue weighted by atomic mass is 79.9. The van der Waals surface area contributed by atoms with Crippen molar-refractivity contribution in [2.45, 2.75) is 11.8 Å². The molecule has 2 N–H and O–H groups in total. The maximum atomic E-state index is 12.1. The molecule has 0 radical (unpaired) electrons. The van der Waals surface area contributed by atoms with Crippen LogP contribution in [0, 0.1) is 6.92 Å². The molecule has 1 amide bonds. The maximum absolute atomic E-state index is 12.1. The van der Waals surface area contributed by atoms with Crippen LogP contribution < -0.4 is 10.0 Å². The minimum absolute atomic E-state index is 0.101. The summed E-state index contributed by atoms with van der Waals surface area (Å²) in [5.74, 6) is -0.312. The largest absolute Gasteiger partial charge is 0.351 e. The SMILES string of the molecule is Cc1ccc(S(=O)(=O)NCCNC(=O)c2cncc(Br)c2)cc1. The Balaban J connectivity index is 1.85. The normalized spacial score (nSPS) is 11.2. The van der Waals surface area contributed by atoms with Gasteiger partial charge >= 0.3 is 0 Å². The number of nitrogens with zero attached hydrogens (tertiary/aromatic N) is 1. The van der Waals surface area contributed by atoms with Gasteiger partial charge in [-0.1, -0.05) is 17.7 Å². The molecular formula is C15H16BrN3O3S. The standard InChI is InChI=1S/C15H16BrN3O3S/c1-11-2-4-14(5-3-11)23(21,22)19-7-6-18-15(20)12-8-13(16)10-17-9-12/h2-5,8-10,19H,6-7H2,1H3,(H,18,20). The van der Waals surface area contributed by atoms with Crippen LogP contribution in [-0.2, 0) is 10.0 Å². The number of hydrogen-bond donors (Lipinski definition) is 2. The van der Waals surface area contributed by atoms with Crippen molar-refractivity contribution in [3.05, 3.63) is 58.3 Å². The molecular weight excluding hydrogens is 382 g/mol. The van der Waals surface area contributed by atoms with Gasteiger partial charge in [0.1, 0.15) is 0 Å². The van der Waals surface area contributed by atoms with Gasteiger partial charge in [-0.25, -0.2) is 13.1 Å². The molecule has 23 heavy (non-hydrogen) atoms. The van der Waals surface area contributed by atoms with Crippen molar-refractivity contribution in [2.24, 2.45) is 0 Å². The Morgan fingerprint density at radius 1 is 1.17 bits per heavy atom. The number of benzene rings is 1. The number of carbonyl (C=O) groups excluding carboxylic acids is 1. The van der Waals surface area contributed by atoms with Gasteiger partial charge < -0.3 is 5.32 Å². The molecule has 6 nitrogen and oxygen atoms in total. The fourth-order valence-corrected chi connectivity index (χ4v) is 3.20. The number of aromatic nitrogens is 1. The minimum atomic E-state index is -3.57. The fourth-order valence-electron chi connectivity index (χ4n) is 1.80. The van der Waals surface area contributed by atoms with Crippen molar-refractivity contribution >= 4 is 31.9 Å². The first kappa shape index (κ1) is 17.6. The molecule has 0 bridgehead atoms. The lowest BCUT2D eigenvalue weighted by molar-refractivity contribution is 0.0954. The minimum Gasteiger partial charge on any atom is -0.351 e. The monoisotopic (exact) mass is 397 g/mol. The van der Waals surface area contributed by atoms with Gasteiger partial charge in [-0.2, -0.15) is 0 Å². The van der Waals surface area contributed by atoms with Gasteiger partial charge in [0.2, 0.25) is 10.0 Å². The van der Waals surface area contributed by atoms with Crippen LogP contribution in [0.2, 0.25) is 0 Å². The first-order valence-corrected chi connectivity index (χ1v) is 9.11. The molecule has 8 heteroatoms. The van der Waals surface area contributed by atoms with Crippen LogP contribution in [0.4, 0.5) is 0 Å². The predicted octanol–water partition coefficient (Wildman–Crippen LogP) is 1.86. The van der Waals surface area contributed by atoms with Gasteiger partial charge in [0, 0.05) is 30.0 Å². The van der Waals surface area contributed by atoms with Crippen LogP contribution in [0.3, 0.4) is 0 Å². The van der Waals surface area contributed by atoms with Crippen LogP contribution >= 0.6 is 15.9 Å². The summed E-state index contributed by atoms with van der Waals surface area (Å²) < 4.78 is 27.3. The summed E-state index contributed by atoms with van der Waals surface area (Å²) in [6.07, 6.45) is 3.02. The van der Waals surface area contributed by atoms with E-state index in [0.717, 1.165) is 5.56 Å². The molecule has 0 aliphatic heterocycles. The van der Waals surface area contributed by atoms with E-state index in [4.69, 9.17) is 0 Å². The highest BCUT2D eigenvalue weighted by molar-refractivity contribution is 9.10. The van der Waals surface area contributed by atoms with E-state index < -0.39 is 10.0 Å². The molecule has 0 spiro atoms. The first-order chi connectivity index (χ1) is 10.9. The Morgan fingerprint density at radius 2 is 1.87 bits per heavy atom. The summed E-state index contributed by atoms with van der Waals surface area (Å²) in [6, 6.07) is 8.19. The number of hydrogen-bond acceptors (Lipinski definition) is 4. The fraction of sp³-hybridized carbons (Fsp3) is 0.200. The molecule has 0 saturated carbocycles. The average molecular weight is 398 g/mol. The van der Waals surface area contributed by atoms with Crippen LogP contribution in [0.25, 0.3) is 0 Å². The summed E-state index contributed by atoms with van der Waals surface area (Å²) in [5, 5.41) is 2.63. The van der Waals surface area contributed by atoms with Gasteiger partial charge in [0.25, 0.3) is 5.91 Å². The predicted molar refractivity (Wildman–Crippen MR) is 90.6 cm³/mol. The van der Waals surface area contributed by atoms with Gasteiger partial charge in [-0.3, -0.25) is 9.78 Å².